The lowest BCUT2D eigenvalue weighted by Gasteiger charge is -2.33. The molecular formula is C30H33N3O3S. The first kappa shape index (κ1) is 25.1. The van der Waals surface area contributed by atoms with Crippen molar-refractivity contribution in [2.75, 3.05) is 7.11 Å². The van der Waals surface area contributed by atoms with E-state index >= 15 is 0 Å². The van der Waals surface area contributed by atoms with Crippen molar-refractivity contribution in [1.29, 1.82) is 0 Å². The van der Waals surface area contributed by atoms with Crippen LogP contribution in [-0.2, 0) is 22.6 Å². The van der Waals surface area contributed by atoms with Crippen molar-refractivity contribution in [3.05, 3.63) is 88.2 Å². The van der Waals surface area contributed by atoms with Gasteiger partial charge < -0.3 is 19.9 Å². The third kappa shape index (κ3) is 5.88. The fraction of sp³-hybridized carbons (Fsp3) is 0.333. The molecule has 2 heterocycles. The van der Waals surface area contributed by atoms with E-state index in [0.717, 1.165) is 58.3 Å². The number of carbonyl (C=O) groups is 2. The molecular weight excluding hydrogens is 482 g/mol. The third-order valence-electron chi connectivity index (χ3n) is 7.17. The van der Waals surface area contributed by atoms with Crippen LogP contribution >= 0.6 is 11.3 Å². The molecule has 1 aliphatic rings. The van der Waals surface area contributed by atoms with E-state index in [1.165, 1.54) is 17.8 Å². The van der Waals surface area contributed by atoms with E-state index < -0.39 is 6.04 Å². The first-order chi connectivity index (χ1) is 18.1. The number of benzene rings is 2. The average molecular weight is 516 g/mol. The molecule has 0 bridgehead atoms. The normalized spacial score (nSPS) is 14.8. The van der Waals surface area contributed by atoms with Gasteiger partial charge in [-0.25, -0.2) is 0 Å². The third-order valence-corrected chi connectivity index (χ3v) is 8.10. The molecule has 2 aromatic carbocycles. The summed E-state index contributed by atoms with van der Waals surface area (Å²) >= 11 is 1.51. The minimum atomic E-state index is -0.693. The Hall–Kier alpha value is -3.58. The van der Waals surface area contributed by atoms with Crippen LogP contribution < -0.4 is 10.1 Å². The highest BCUT2D eigenvalue weighted by molar-refractivity contribution is 7.10. The molecule has 4 aromatic rings. The first-order valence-electron chi connectivity index (χ1n) is 12.9. The van der Waals surface area contributed by atoms with Crippen molar-refractivity contribution in [1.82, 2.24) is 15.2 Å². The van der Waals surface area contributed by atoms with Gasteiger partial charge >= 0.3 is 0 Å². The molecule has 0 unspecified atom stereocenters. The predicted molar refractivity (Wildman–Crippen MR) is 148 cm³/mol. The summed E-state index contributed by atoms with van der Waals surface area (Å²) in [4.78, 5) is 33.7. The lowest BCUT2D eigenvalue weighted by Crippen LogP contribution is -2.47. The van der Waals surface area contributed by atoms with Gasteiger partial charge in [0.25, 0.3) is 0 Å². The van der Waals surface area contributed by atoms with Crippen LogP contribution in [0, 0.1) is 0 Å². The van der Waals surface area contributed by atoms with Gasteiger partial charge in [-0.05, 0) is 53.6 Å². The molecule has 1 aliphatic carbocycles. The molecule has 37 heavy (non-hydrogen) atoms. The monoisotopic (exact) mass is 515 g/mol. The summed E-state index contributed by atoms with van der Waals surface area (Å²) in [5.41, 5.74) is 2.87. The average Bonchev–Trinajstić information content (AvgIpc) is 3.60. The Morgan fingerprint density at radius 2 is 1.84 bits per heavy atom. The number of H-pyrrole nitrogens is 1. The largest absolute Gasteiger partial charge is 0.497 e. The second kappa shape index (κ2) is 11.6. The maximum Gasteiger partial charge on any atom is 0.248 e. The molecule has 2 aromatic heterocycles. The number of rotatable bonds is 9. The van der Waals surface area contributed by atoms with Crippen molar-refractivity contribution in [3.63, 3.8) is 0 Å². The van der Waals surface area contributed by atoms with Gasteiger partial charge in [-0.15, -0.1) is 11.3 Å². The molecule has 2 N–H and O–H groups in total. The maximum absolute atomic E-state index is 14.0. The van der Waals surface area contributed by atoms with Gasteiger partial charge in [0.05, 0.1) is 13.5 Å². The molecule has 2 amide bonds. The highest BCUT2D eigenvalue weighted by Crippen LogP contribution is 2.30. The second-order valence-electron chi connectivity index (χ2n) is 9.67. The Morgan fingerprint density at radius 3 is 2.57 bits per heavy atom. The van der Waals surface area contributed by atoms with Gasteiger partial charge in [0.2, 0.25) is 11.8 Å². The number of methoxy groups -OCH3 is 1. The summed E-state index contributed by atoms with van der Waals surface area (Å²) in [5, 5.41) is 6.27. The summed E-state index contributed by atoms with van der Waals surface area (Å²) in [5.74, 6) is 0.568. The summed E-state index contributed by atoms with van der Waals surface area (Å²) in [6.07, 6.45) is 7.56. The number of hydrogen-bond donors (Lipinski definition) is 2. The topological polar surface area (TPSA) is 74.4 Å². The van der Waals surface area contributed by atoms with Gasteiger partial charge in [-0.1, -0.05) is 55.7 Å². The van der Waals surface area contributed by atoms with Crippen LogP contribution in [0.5, 0.6) is 5.75 Å². The number of nitrogens with one attached hydrogen (secondary N) is 2. The summed E-state index contributed by atoms with van der Waals surface area (Å²) in [7, 11) is 1.63. The molecule has 5 rings (SSSR count). The van der Waals surface area contributed by atoms with E-state index in [9.17, 15) is 9.59 Å². The SMILES string of the molecule is COc1ccc(CN(C(=O)Cc2c[nH]c3ccccc23)[C@@H](C(=O)NC2CCCCC2)c2cccs2)cc1. The minimum absolute atomic E-state index is 0.0854. The molecule has 7 heteroatoms. The molecule has 0 spiro atoms. The Bertz CT molecular complexity index is 1320. The molecule has 1 saturated carbocycles. The van der Waals surface area contributed by atoms with Crippen molar-refractivity contribution >= 4 is 34.1 Å². The Labute approximate surface area is 221 Å². The fourth-order valence-corrected chi connectivity index (χ4v) is 6.03. The van der Waals surface area contributed by atoms with Gasteiger partial charge in [-0.3, -0.25) is 9.59 Å². The van der Waals surface area contributed by atoms with Gasteiger partial charge in [0.1, 0.15) is 11.8 Å². The molecule has 0 saturated heterocycles. The molecule has 1 atom stereocenters. The number of para-hydroxylation sites is 1. The van der Waals surface area contributed by atoms with Crippen LogP contribution in [0.25, 0.3) is 10.9 Å². The Balaban J connectivity index is 1.47. The van der Waals surface area contributed by atoms with Crippen molar-refractivity contribution < 1.29 is 14.3 Å². The van der Waals surface area contributed by atoms with Gasteiger partial charge in [-0.2, -0.15) is 0 Å². The van der Waals surface area contributed by atoms with Crippen molar-refractivity contribution in [2.45, 2.75) is 57.2 Å². The number of carbonyl (C=O) groups excluding carboxylic acids is 2. The zero-order valence-corrected chi connectivity index (χ0v) is 21.9. The van der Waals surface area contributed by atoms with E-state index in [-0.39, 0.29) is 24.3 Å². The fourth-order valence-electron chi connectivity index (χ4n) is 5.19. The van der Waals surface area contributed by atoms with E-state index in [4.69, 9.17) is 4.74 Å². The Morgan fingerprint density at radius 1 is 1.05 bits per heavy atom. The van der Waals surface area contributed by atoms with Crippen LogP contribution in [0.4, 0.5) is 0 Å². The van der Waals surface area contributed by atoms with Crippen LogP contribution in [0.3, 0.4) is 0 Å². The molecule has 0 aliphatic heterocycles. The van der Waals surface area contributed by atoms with Gasteiger partial charge in [0.15, 0.2) is 0 Å². The van der Waals surface area contributed by atoms with Crippen LogP contribution in [0.15, 0.2) is 72.2 Å². The maximum atomic E-state index is 14.0. The Kier molecular flexibility index (Phi) is 7.90. The van der Waals surface area contributed by atoms with Gasteiger partial charge in [0, 0.05) is 34.6 Å². The lowest BCUT2D eigenvalue weighted by atomic mass is 9.95. The highest BCUT2D eigenvalue weighted by Gasteiger charge is 2.34. The van der Waals surface area contributed by atoms with Crippen molar-refractivity contribution in [3.8, 4) is 5.75 Å². The van der Waals surface area contributed by atoms with Crippen molar-refractivity contribution in [2.24, 2.45) is 0 Å². The lowest BCUT2D eigenvalue weighted by molar-refractivity contribution is -0.141. The first-order valence-corrected chi connectivity index (χ1v) is 13.8. The number of ether oxygens (including phenoxy) is 1. The number of nitrogens with zero attached hydrogens (tertiary/aromatic N) is 1. The summed E-state index contributed by atoms with van der Waals surface area (Å²) < 4.78 is 5.32. The zero-order chi connectivity index (χ0) is 25.6. The predicted octanol–water partition coefficient (Wildman–Crippen LogP) is 6.00. The van der Waals surface area contributed by atoms with E-state index in [0.29, 0.717) is 6.54 Å². The highest BCUT2D eigenvalue weighted by atomic mass is 32.1. The molecule has 192 valence electrons. The number of aromatic amines is 1. The minimum Gasteiger partial charge on any atom is -0.497 e. The van der Waals surface area contributed by atoms with Crippen LogP contribution in [-0.4, -0.2) is 34.8 Å². The molecule has 0 radical (unpaired) electrons. The number of fused-ring (bicyclic) bond motifs is 1. The van der Waals surface area contributed by atoms with E-state index in [1.54, 1.807) is 12.0 Å². The summed E-state index contributed by atoms with van der Waals surface area (Å²) in [6, 6.07) is 19.0. The standard InChI is InChI=1S/C30H33N3O3S/c1-36-24-15-13-21(14-16-24)20-33(28(34)18-22-19-31-26-11-6-5-10-25(22)26)29(27-12-7-17-37-27)30(35)32-23-8-3-2-4-9-23/h5-7,10-17,19,23,29,31H,2-4,8-9,18,20H2,1H3,(H,32,35)/t29-/m1/s1. The van der Waals surface area contributed by atoms with Crippen LogP contribution in [0.1, 0.15) is 54.1 Å². The molecule has 1 fully saturated rings. The summed E-state index contributed by atoms with van der Waals surface area (Å²) in [6.45, 7) is 0.325. The van der Waals surface area contributed by atoms with E-state index in [2.05, 4.69) is 10.3 Å². The number of aromatic nitrogens is 1. The molecule has 6 nitrogen and oxygen atoms in total. The number of thiophene rings is 1. The second-order valence-corrected chi connectivity index (χ2v) is 10.6. The zero-order valence-electron chi connectivity index (χ0n) is 21.1. The van der Waals surface area contributed by atoms with E-state index in [1.807, 2.05) is 72.2 Å². The quantitative estimate of drug-likeness (QED) is 0.287. The van der Waals surface area contributed by atoms with Crippen LogP contribution in [0.2, 0.25) is 0 Å². The number of hydrogen-bond acceptors (Lipinski definition) is 4. The smallest absolute Gasteiger partial charge is 0.248 e. The number of amides is 2.